The predicted octanol–water partition coefficient (Wildman–Crippen LogP) is 13.3. The standard InChI is InChI=1S/C48H32N2O2/c1-30(50-42-20-10-6-16-34(42)38-27-40-36-18-8-12-22-46(36)52-48(40)29-44(38)50)25-32(31-13-3-2-4-14-31)23-24-49-41-19-9-5-15-33(41)37-26-39-35-17-7-11-21-45(35)51-47(39)28-43(37)49/h2-23,25-29H,24H2,1H3/b30-25+,32-23+. The van der Waals surface area contributed by atoms with Gasteiger partial charge in [0.1, 0.15) is 22.3 Å². The van der Waals surface area contributed by atoms with Crippen LogP contribution in [0.15, 0.2) is 173 Å². The van der Waals surface area contributed by atoms with Crippen molar-refractivity contribution in [3.05, 3.63) is 169 Å². The van der Waals surface area contributed by atoms with Gasteiger partial charge in [0.15, 0.2) is 0 Å². The quantitative estimate of drug-likeness (QED) is 0.171. The van der Waals surface area contributed by atoms with E-state index in [4.69, 9.17) is 8.83 Å². The van der Waals surface area contributed by atoms with E-state index in [9.17, 15) is 0 Å². The van der Waals surface area contributed by atoms with Crippen molar-refractivity contribution >= 4 is 98.8 Å². The predicted molar refractivity (Wildman–Crippen MR) is 218 cm³/mol. The van der Waals surface area contributed by atoms with Crippen molar-refractivity contribution in [1.82, 2.24) is 9.13 Å². The van der Waals surface area contributed by atoms with Gasteiger partial charge in [-0.25, -0.2) is 0 Å². The number of allylic oxidation sites excluding steroid dienone is 4. The van der Waals surface area contributed by atoms with Crippen molar-refractivity contribution < 1.29 is 8.83 Å². The van der Waals surface area contributed by atoms with Crippen LogP contribution in [-0.4, -0.2) is 9.13 Å². The number of rotatable bonds is 5. The summed E-state index contributed by atoms with van der Waals surface area (Å²) in [7, 11) is 0. The Balaban J connectivity index is 1.10. The van der Waals surface area contributed by atoms with Gasteiger partial charge in [0.2, 0.25) is 0 Å². The number of para-hydroxylation sites is 4. The molecule has 0 N–H and O–H groups in total. The van der Waals surface area contributed by atoms with E-state index in [2.05, 4.69) is 156 Å². The summed E-state index contributed by atoms with van der Waals surface area (Å²) in [5.74, 6) is 0. The molecule has 0 aliphatic heterocycles. The molecule has 11 aromatic rings. The fourth-order valence-corrected chi connectivity index (χ4v) is 8.40. The van der Waals surface area contributed by atoms with Crippen LogP contribution in [0.3, 0.4) is 0 Å². The number of aromatic nitrogens is 2. The Bertz CT molecular complexity index is 3270. The van der Waals surface area contributed by atoms with Gasteiger partial charge in [-0.1, -0.05) is 109 Å². The molecule has 0 saturated carbocycles. The third-order valence-corrected chi connectivity index (χ3v) is 10.8. The monoisotopic (exact) mass is 668 g/mol. The maximum absolute atomic E-state index is 6.38. The molecule has 0 saturated heterocycles. The zero-order chi connectivity index (χ0) is 34.3. The second-order valence-electron chi connectivity index (χ2n) is 13.7. The lowest BCUT2D eigenvalue weighted by Gasteiger charge is -2.12. The van der Waals surface area contributed by atoms with E-state index in [1.54, 1.807) is 0 Å². The number of furan rings is 2. The van der Waals surface area contributed by atoms with Crippen molar-refractivity contribution in [2.45, 2.75) is 13.5 Å². The lowest BCUT2D eigenvalue weighted by molar-refractivity contribution is 0.669. The van der Waals surface area contributed by atoms with E-state index < -0.39 is 0 Å². The highest BCUT2D eigenvalue weighted by atomic mass is 16.3. The number of hydrogen-bond acceptors (Lipinski definition) is 2. The molecule has 0 unspecified atom stereocenters. The van der Waals surface area contributed by atoms with Gasteiger partial charge in [-0.15, -0.1) is 0 Å². The molecule has 52 heavy (non-hydrogen) atoms. The number of benzene rings is 7. The Morgan fingerprint density at radius 3 is 1.65 bits per heavy atom. The summed E-state index contributed by atoms with van der Waals surface area (Å²) in [5, 5.41) is 9.50. The molecule has 246 valence electrons. The van der Waals surface area contributed by atoms with Crippen molar-refractivity contribution in [2.24, 2.45) is 0 Å². The summed E-state index contributed by atoms with van der Waals surface area (Å²) in [6.45, 7) is 2.90. The minimum atomic E-state index is 0.691. The summed E-state index contributed by atoms with van der Waals surface area (Å²) in [4.78, 5) is 0. The van der Waals surface area contributed by atoms with E-state index >= 15 is 0 Å². The molecular formula is C48H32N2O2. The molecule has 0 spiro atoms. The van der Waals surface area contributed by atoms with Gasteiger partial charge < -0.3 is 18.0 Å². The fraction of sp³-hybridized carbons (Fsp3) is 0.0417. The molecule has 0 radical (unpaired) electrons. The van der Waals surface area contributed by atoms with Crippen LogP contribution in [0.5, 0.6) is 0 Å². The van der Waals surface area contributed by atoms with E-state index in [0.29, 0.717) is 6.54 Å². The summed E-state index contributed by atoms with van der Waals surface area (Å²) < 4.78 is 17.5. The normalized spacial score (nSPS) is 13.0. The summed E-state index contributed by atoms with van der Waals surface area (Å²) >= 11 is 0. The first-order valence-electron chi connectivity index (χ1n) is 17.8. The van der Waals surface area contributed by atoms with Crippen LogP contribution in [-0.2, 0) is 6.54 Å². The van der Waals surface area contributed by atoms with Crippen LogP contribution in [0.4, 0.5) is 0 Å². The van der Waals surface area contributed by atoms with Gasteiger partial charge in [0, 0.05) is 73.0 Å². The Morgan fingerprint density at radius 2 is 0.981 bits per heavy atom. The Kier molecular flexibility index (Phi) is 6.20. The highest BCUT2D eigenvalue weighted by Gasteiger charge is 2.18. The largest absolute Gasteiger partial charge is 0.456 e. The molecule has 4 nitrogen and oxygen atoms in total. The number of nitrogens with zero attached hydrogens (tertiary/aromatic N) is 2. The van der Waals surface area contributed by atoms with Crippen LogP contribution in [0.25, 0.3) is 98.8 Å². The lowest BCUT2D eigenvalue weighted by atomic mass is 10.0. The number of fused-ring (bicyclic) bond motifs is 12. The molecule has 4 aromatic heterocycles. The molecule has 7 aromatic carbocycles. The van der Waals surface area contributed by atoms with E-state index in [0.717, 1.165) is 66.2 Å². The SMILES string of the molecule is C/C(=C\C(=C/Cn1c2ccccc2c2cc3c(cc21)oc1ccccc13)c1ccccc1)n1c2ccccc2c2cc3c(cc21)oc1ccccc13. The molecule has 0 atom stereocenters. The smallest absolute Gasteiger partial charge is 0.137 e. The zero-order valence-electron chi connectivity index (χ0n) is 28.5. The van der Waals surface area contributed by atoms with Gasteiger partial charge in [-0.2, -0.15) is 0 Å². The van der Waals surface area contributed by atoms with Gasteiger partial charge in [-0.3, -0.25) is 0 Å². The first-order valence-corrected chi connectivity index (χ1v) is 17.8. The molecular weight excluding hydrogens is 637 g/mol. The highest BCUT2D eigenvalue weighted by molar-refractivity contribution is 6.18. The van der Waals surface area contributed by atoms with E-state index in [1.165, 1.54) is 38.1 Å². The minimum absolute atomic E-state index is 0.691. The van der Waals surface area contributed by atoms with Gasteiger partial charge >= 0.3 is 0 Å². The molecule has 0 bridgehead atoms. The van der Waals surface area contributed by atoms with E-state index in [-0.39, 0.29) is 0 Å². The Labute approximate surface area is 298 Å². The second-order valence-corrected chi connectivity index (χ2v) is 13.7. The van der Waals surface area contributed by atoms with Crippen LogP contribution in [0, 0.1) is 0 Å². The first kappa shape index (κ1) is 29.0. The van der Waals surface area contributed by atoms with Gasteiger partial charge in [0.25, 0.3) is 0 Å². The van der Waals surface area contributed by atoms with Crippen molar-refractivity contribution in [3.8, 4) is 0 Å². The Morgan fingerprint density at radius 1 is 0.462 bits per heavy atom. The second kappa shape index (κ2) is 11.1. The highest BCUT2D eigenvalue weighted by Crippen LogP contribution is 2.40. The topological polar surface area (TPSA) is 36.1 Å². The van der Waals surface area contributed by atoms with Crippen LogP contribution in [0.1, 0.15) is 12.5 Å². The third-order valence-electron chi connectivity index (χ3n) is 10.8. The molecule has 0 fully saturated rings. The summed E-state index contributed by atoms with van der Waals surface area (Å²) in [6.07, 6.45) is 4.69. The maximum Gasteiger partial charge on any atom is 0.137 e. The Hall–Kier alpha value is -6.78. The van der Waals surface area contributed by atoms with Crippen molar-refractivity contribution in [1.29, 1.82) is 0 Å². The molecule has 11 rings (SSSR count). The minimum Gasteiger partial charge on any atom is -0.456 e. The summed E-state index contributed by atoms with van der Waals surface area (Å²) in [6, 6.07) is 53.8. The molecule has 0 aliphatic rings. The average Bonchev–Trinajstić information content (AvgIpc) is 3.92. The molecule has 4 heteroatoms. The van der Waals surface area contributed by atoms with Crippen molar-refractivity contribution in [3.63, 3.8) is 0 Å². The lowest BCUT2D eigenvalue weighted by Crippen LogP contribution is -1.97. The van der Waals surface area contributed by atoms with Gasteiger partial charge in [0.05, 0.1) is 16.6 Å². The van der Waals surface area contributed by atoms with Crippen LogP contribution >= 0.6 is 0 Å². The number of hydrogen-bond donors (Lipinski definition) is 0. The molecule has 0 amide bonds. The van der Waals surface area contributed by atoms with Crippen LogP contribution in [0.2, 0.25) is 0 Å². The zero-order valence-corrected chi connectivity index (χ0v) is 28.5. The third kappa shape index (κ3) is 4.28. The van der Waals surface area contributed by atoms with Crippen LogP contribution < -0.4 is 0 Å². The average molecular weight is 669 g/mol. The molecule has 0 aliphatic carbocycles. The first-order chi connectivity index (χ1) is 25.7. The van der Waals surface area contributed by atoms with E-state index in [1.807, 2.05) is 24.3 Å². The maximum atomic E-state index is 6.38. The summed E-state index contributed by atoms with van der Waals surface area (Å²) in [5.41, 5.74) is 11.8. The molecule has 4 heterocycles. The van der Waals surface area contributed by atoms with Crippen molar-refractivity contribution in [2.75, 3.05) is 0 Å². The van der Waals surface area contributed by atoms with Gasteiger partial charge in [-0.05, 0) is 60.5 Å². The fourth-order valence-electron chi connectivity index (χ4n) is 8.40.